The number of nitrogens with zero attached hydrogens (tertiary/aromatic N) is 5. The molecule has 2 aromatic carbocycles. The minimum Gasteiger partial charge on any atom is -0.339 e. The Bertz CT molecular complexity index is 1810. The standard InChI is InChI=1S/C33H34ClF3N8O3/c1-43-26(27-25(17-20-5-3-2-4-6-20)41-42-28(27)33(35,36)37)19-39-29(43)30(46)40-22-7-8-23(24(34)18-22)32(48)45-15-13-44(14-16-45)31(47)21-9-11-38-12-10-21/h2-8,18-19,21,38H,9-17H2,1H3,(H,40,46)(H,41,42). The first-order valence-electron chi connectivity index (χ1n) is 15.6. The molecular formula is C33H34ClF3N8O3. The summed E-state index contributed by atoms with van der Waals surface area (Å²) < 4.78 is 43.2. The fraction of sp³-hybridized carbons (Fsp3) is 0.364. The summed E-state index contributed by atoms with van der Waals surface area (Å²) in [5.41, 5.74) is 0.284. The number of carbonyl (C=O) groups is 3. The van der Waals surface area contributed by atoms with Gasteiger partial charge in [-0.1, -0.05) is 41.9 Å². The van der Waals surface area contributed by atoms with Crippen molar-refractivity contribution in [3.8, 4) is 11.3 Å². The van der Waals surface area contributed by atoms with Gasteiger partial charge >= 0.3 is 6.18 Å². The predicted molar refractivity (Wildman–Crippen MR) is 173 cm³/mol. The highest BCUT2D eigenvalue weighted by molar-refractivity contribution is 6.34. The number of halogens is 4. The van der Waals surface area contributed by atoms with Gasteiger partial charge in [-0.05, 0) is 49.7 Å². The predicted octanol–water partition coefficient (Wildman–Crippen LogP) is 4.61. The molecule has 0 aliphatic carbocycles. The molecule has 2 fully saturated rings. The van der Waals surface area contributed by atoms with E-state index in [-0.39, 0.29) is 63.2 Å². The largest absolute Gasteiger partial charge is 0.435 e. The van der Waals surface area contributed by atoms with E-state index in [4.69, 9.17) is 11.6 Å². The Morgan fingerprint density at radius 2 is 1.69 bits per heavy atom. The van der Waals surface area contributed by atoms with E-state index in [0.29, 0.717) is 26.2 Å². The molecule has 15 heteroatoms. The molecule has 48 heavy (non-hydrogen) atoms. The number of rotatable bonds is 7. The molecule has 0 atom stereocenters. The highest BCUT2D eigenvalue weighted by Gasteiger charge is 2.39. The van der Waals surface area contributed by atoms with Gasteiger partial charge in [-0.15, -0.1) is 0 Å². The van der Waals surface area contributed by atoms with E-state index in [1.165, 1.54) is 36.0 Å². The van der Waals surface area contributed by atoms with Crippen LogP contribution in [0.25, 0.3) is 11.3 Å². The average molecular weight is 683 g/mol. The number of aromatic nitrogens is 4. The second-order valence-electron chi connectivity index (χ2n) is 11.9. The lowest BCUT2D eigenvalue weighted by molar-refractivity contribution is -0.140. The zero-order valence-corrected chi connectivity index (χ0v) is 26.9. The van der Waals surface area contributed by atoms with Crippen molar-refractivity contribution in [3.63, 3.8) is 0 Å². The van der Waals surface area contributed by atoms with Crippen molar-refractivity contribution in [2.24, 2.45) is 13.0 Å². The zero-order valence-electron chi connectivity index (χ0n) is 26.1. The maximum absolute atomic E-state index is 14.0. The van der Waals surface area contributed by atoms with Crippen LogP contribution in [0, 0.1) is 5.92 Å². The molecular weight excluding hydrogens is 649 g/mol. The molecule has 3 amide bonds. The van der Waals surface area contributed by atoms with Crippen molar-refractivity contribution in [2.75, 3.05) is 44.6 Å². The van der Waals surface area contributed by atoms with Crippen molar-refractivity contribution in [1.82, 2.24) is 34.9 Å². The van der Waals surface area contributed by atoms with Gasteiger partial charge in [-0.25, -0.2) is 4.98 Å². The summed E-state index contributed by atoms with van der Waals surface area (Å²) in [6.07, 6.45) is -1.76. The number of piperazine rings is 1. The number of hydrogen-bond donors (Lipinski definition) is 3. The molecule has 2 aliphatic heterocycles. The molecule has 11 nitrogen and oxygen atoms in total. The first kappa shape index (κ1) is 33.2. The summed E-state index contributed by atoms with van der Waals surface area (Å²) in [4.78, 5) is 47.0. The van der Waals surface area contributed by atoms with Crippen LogP contribution >= 0.6 is 11.6 Å². The van der Waals surface area contributed by atoms with Crippen molar-refractivity contribution < 1.29 is 27.6 Å². The summed E-state index contributed by atoms with van der Waals surface area (Å²) >= 11 is 6.49. The average Bonchev–Trinajstić information content (AvgIpc) is 3.68. The summed E-state index contributed by atoms with van der Waals surface area (Å²) in [6.45, 7) is 3.32. The first-order chi connectivity index (χ1) is 23.0. The molecule has 4 aromatic rings. The number of amides is 3. The Labute approximate surface area is 279 Å². The van der Waals surface area contributed by atoms with Crippen LogP contribution in [0.3, 0.4) is 0 Å². The molecule has 0 unspecified atom stereocenters. The van der Waals surface area contributed by atoms with Gasteiger partial charge in [0.25, 0.3) is 11.8 Å². The van der Waals surface area contributed by atoms with E-state index in [1.807, 2.05) is 11.0 Å². The molecule has 0 saturated carbocycles. The number of carbonyl (C=O) groups excluding carboxylic acids is 3. The molecule has 2 saturated heterocycles. The summed E-state index contributed by atoms with van der Waals surface area (Å²) in [5.74, 6) is -0.955. The van der Waals surface area contributed by atoms with Crippen LogP contribution in [0.1, 0.15) is 50.8 Å². The molecule has 2 aromatic heterocycles. The van der Waals surface area contributed by atoms with Crippen LogP contribution < -0.4 is 10.6 Å². The van der Waals surface area contributed by atoms with Gasteiger partial charge in [0.1, 0.15) is 0 Å². The number of nitrogens with one attached hydrogen (secondary N) is 3. The number of piperidine rings is 1. The normalized spacial score (nSPS) is 15.9. The van der Waals surface area contributed by atoms with Crippen molar-refractivity contribution in [1.29, 1.82) is 0 Å². The van der Waals surface area contributed by atoms with Crippen molar-refractivity contribution >= 4 is 35.0 Å². The monoisotopic (exact) mass is 682 g/mol. The Kier molecular flexibility index (Phi) is 9.56. The summed E-state index contributed by atoms with van der Waals surface area (Å²) in [5, 5.41) is 12.1. The Morgan fingerprint density at radius 3 is 2.35 bits per heavy atom. The number of hydrogen-bond acceptors (Lipinski definition) is 6. The van der Waals surface area contributed by atoms with E-state index < -0.39 is 17.8 Å². The number of imidazole rings is 1. The topological polar surface area (TPSA) is 128 Å². The molecule has 3 N–H and O–H groups in total. The third-order valence-corrected chi connectivity index (χ3v) is 9.12. The molecule has 252 valence electrons. The van der Waals surface area contributed by atoms with Crippen LogP contribution in [0.5, 0.6) is 0 Å². The Hall–Kier alpha value is -4.69. The van der Waals surface area contributed by atoms with E-state index in [9.17, 15) is 27.6 Å². The number of benzene rings is 2. The zero-order chi connectivity index (χ0) is 34.0. The maximum Gasteiger partial charge on any atom is 0.435 e. The van der Waals surface area contributed by atoms with Crippen LogP contribution in [0.15, 0.2) is 54.7 Å². The molecule has 0 spiro atoms. The number of H-pyrrole nitrogens is 1. The molecule has 0 bridgehead atoms. The Balaban J connectivity index is 1.13. The van der Waals surface area contributed by atoms with Crippen LogP contribution in [-0.4, -0.2) is 86.5 Å². The third kappa shape index (κ3) is 6.95. The fourth-order valence-corrected chi connectivity index (χ4v) is 6.48. The summed E-state index contributed by atoms with van der Waals surface area (Å²) in [7, 11) is 1.45. The van der Waals surface area contributed by atoms with Gasteiger partial charge in [-0.2, -0.15) is 18.3 Å². The number of aromatic amines is 1. The van der Waals surface area contributed by atoms with E-state index in [1.54, 1.807) is 29.2 Å². The molecule has 4 heterocycles. The molecule has 6 rings (SSSR count). The highest BCUT2D eigenvalue weighted by atomic mass is 35.5. The Morgan fingerprint density at radius 1 is 1.00 bits per heavy atom. The second-order valence-corrected chi connectivity index (χ2v) is 12.3. The first-order valence-corrected chi connectivity index (χ1v) is 16.0. The van der Waals surface area contributed by atoms with Crippen LogP contribution in [0.4, 0.5) is 18.9 Å². The lowest BCUT2D eigenvalue weighted by Gasteiger charge is -2.37. The number of anilines is 1. The minimum absolute atomic E-state index is 0.0168. The lowest BCUT2D eigenvalue weighted by Crippen LogP contribution is -2.52. The van der Waals surface area contributed by atoms with E-state index in [0.717, 1.165) is 31.5 Å². The SMILES string of the molecule is Cn1c(-c2c(C(F)(F)F)n[nH]c2Cc2ccccc2)cnc1C(=O)Nc1ccc(C(=O)N2CCN(C(=O)C3CCNCC3)CC2)c(Cl)c1. The molecule has 2 aliphatic rings. The van der Waals surface area contributed by atoms with Crippen LogP contribution in [0.2, 0.25) is 5.02 Å². The fourth-order valence-electron chi connectivity index (χ4n) is 6.22. The molecule has 0 radical (unpaired) electrons. The van der Waals surface area contributed by atoms with Gasteiger partial charge in [0, 0.05) is 56.9 Å². The van der Waals surface area contributed by atoms with Crippen LogP contribution in [-0.2, 0) is 24.4 Å². The van der Waals surface area contributed by atoms with Crippen molar-refractivity contribution in [2.45, 2.75) is 25.4 Å². The van der Waals surface area contributed by atoms with Gasteiger partial charge in [0.2, 0.25) is 5.91 Å². The van der Waals surface area contributed by atoms with Gasteiger partial charge in [0.05, 0.1) is 28.0 Å². The van der Waals surface area contributed by atoms with Gasteiger partial charge < -0.3 is 25.0 Å². The smallest absolute Gasteiger partial charge is 0.339 e. The summed E-state index contributed by atoms with van der Waals surface area (Å²) in [6, 6.07) is 13.4. The lowest BCUT2D eigenvalue weighted by atomic mass is 9.96. The van der Waals surface area contributed by atoms with Gasteiger partial charge in [0.15, 0.2) is 11.5 Å². The highest BCUT2D eigenvalue weighted by Crippen LogP contribution is 2.38. The second kappa shape index (κ2) is 13.8. The van der Waals surface area contributed by atoms with Crippen molar-refractivity contribution in [3.05, 3.63) is 88.1 Å². The minimum atomic E-state index is -4.75. The maximum atomic E-state index is 14.0. The number of alkyl halides is 3. The van der Waals surface area contributed by atoms with E-state index >= 15 is 0 Å². The van der Waals surface area contributed by atoms with Gasteiger partial charge in [-0.3, -0.25) is 19.5 Å². The van der Waals surface area contributed by atoms with E-state index in [2.05, 4.69) is 25.8 Å². The third-order valence-electron chi connectivity index (χ3n) is 8.81. The quantitative estimate of drug-likeness (QED) is 0.261.